The molecule has 146 valence electrons. The van der Waals surface area contributed by atoms with Gasteiger partial charge in [0.15, 0.2) is 0 Å². The maximum atomic E-state index is 10.5. The Balaban J connectivity index is 1.62. The van der Waals surface area contributed by atoms with Crippen molar-refractivity contribution in [1.29, 1.82) is 0 Å². The average Bonchev–Trinajstić information content (AvgIpc) is 2.72. The highest BCUT2D eigenvalue weighted by atomic mass is 16.6. The lowest BCUT2D eigenvalue weighted by Crippen LogP contribution is -2.56. The summed E-state index contributed by atoms with van der Waals surface area (Å²) in [5.74, 6) is 0.782. The van der Waals surface area contributed by atoms with Crippen LogP contribution in [0.3, 0.4) is 0 Å². The molecule has 0 radical (unpaired) electrons. The Hall–Kier alpha value is -1.96. The standard InChI is InChI=1S/C21H26O6/c1-24-17-9-7-16(8-10-17)12-25-19-14-26-18(11-22)20(23)21(19)27-13-15-5-3-2-4-6-15/h2-10,18-23H,11-14H2,1H3/t18?,19?,20-,21+/m0/s1. The molecule has 2 N–H and O–H groups in total. The minimum absolute atomic E-state index is 0.248. The zero-order valence-corrected chi connectivity index (χ0v) is 15.4. The topological polar surface area (TPSA) is 77.4 Å². The molecule has 3 rings (SSSR count). The van der Waals surface area contributed by atoms with Crippen LogP contribution < -0.4 is 4.74 Å². The van der Waals surface area contributed by atoms with Crippen LogP contribution in [-0.4, -0.2) is 55.0 Å². The number of rotatable bonds is 8. The van der Waals surface area contributed by atoms with Gasteiger partial charge in [-0.15, -0.1) is 0 Å². The Morgan fingerprint density at radius 2 is 1.63 bits per heavy atom. The number of aliphatic hydroxyl groups excluding tert-OH is 2. The molecule has 2 aromatic rings. The van der Waals surface area contributed by atoms with Crippen LogP contribution in [0.2, 0.25) is 0 Å². The fourth-order valence-corrected chi connectivity index (χ4v) is 3.04. The smallest absolute Gasteiger partial charge is 0.118 e. The summed E-state index contributed by atoms with van der Waals surface area (Å²) in [6.07, 6.45) is -2.66. The highest BCUT2D eigenvalue weighted by Gasteiger charge is 2.40. The van der Waals surface area contributed by atoms with Crippen molar-refractivity contribution in [2.45, 2.75) is 37.6 Å². The van der Waals surface area contributed by atoms with Crippen molar-refractivity contribution in [3.05, 3.63) is 65.7 Å². The van der Waals surface area contributed by atoms with Gasteiger partial charge in [0.2, 0.25) is 0 Å². The number of hydrogen-bond acceptors (Lipinski definition) is 6. The van der Waals surface area contributed by atoms with Crippen LogP contribution in [0, 0.1) is 0 Å². The number of ether oxygens (including phenoxy) is 4. The molecule has 0 spiro atoms. The first-order chi connectivity index (χ1) is 13.2. The lowest BCUT2D eigenvalue weighted by atomic mass is 10.00. The van der Waals surface area contributed by atoms with Crippen LogP contribution in [0.25, 0.3) is 0 Å². The van der Waals surface area contributed by atoms with Crippen molar-refractivity contribution in [3.8, 4) is 5.75 Å². The summed E-state index contributed by atoms with van der Waals surface area (Å²) >= 11 is 0. The van der Waals surface area contributed by atoms with Crippen molar-refractivity contribution >= 4 is 0 Å². The fraction of sp³-hybridized carbons (Fsp3) is 0.429. The summed E-state index contributed by atoms with van der Waals surface area (Å²) in [6.45, 7) is 0.693. The minimum atomic E-state index is -0.965. The van der Waals surface area contributed by atoms with E-state index in [1.807, 2.05) is 54.6 Å². The highest BCUT2D eigenvalue weighted by Crippen LogP contribution is 2.23. The normalized spacial score (nSPS) is 25.3. The van der Waals surface area contributed by atoms with E-state index in [9.17, 15) is 10.2 Å². The largest absolute Gasteiger partial charge is 0.497 e. The monoisotopic (exact) mass is 374 g/mol. The Kier molecular flexibility index (Phi) is 7.20. The summed E-state index contributed by atoms with van der Waals surface area (Å²) in [5, 5.41) is 20.0. The summed E-state index contributed by atoms with van der Waals surface area (Å²) in [7, 11) is 1.62. The van der Waals surface area contributed by atoms with Crippen LogP contribution in [0.15, 0.2) is 54.6 Å². The van der Waals surface area contributed by atoms with Gasteiger partial charge in [-0.1, -0.05) is 42.5 Å². The van der Waals surface area contributed by atoms with E-state index in [4.69, 9.17) is 18.9 Å². The summed E-state index contributed by atoms with van der Waals surface area (Å²) in [6, 6.07) is 17.3. The van der Waals surface area contributed by atoms with Crippen LogP contribution in [0.4, 0.5) is 0 Å². The SMILES string of the molecule is COc1ccc(COC2COC(CO)[C@H](O)[C@@H]2OCc2ccccc2)cc1. The van der Waals surface area contributed by atoms with E-state index < -0.39 is 24.4 Å². The molecule has 1 aliphatic rings. The van der Waals surface area contributed by atoms with Gasteiger partial charge in [0, 0.05) is 0 Å². The highest BCUT2D eigenvalue weighted by molar-refractivity contribution is 5.26. The van der Waals surface area contributed by atoms with E-state index in [1.54, 1.807) is 7.11 Å². The van der Waals surface area contributed by atoms with E-state index in [1.165, 1.54) is 0 Å². The van der Waals surface area contributed by atoms with Crippen LogP contribution in [-0.2, 0) is 27.4 Å². The summed E-state index contributed by atoms with van der Waals surface area (Å²) in [4.78, 5) is 0. The third kappa shape index (κ3) is 5.28. The predicted molar refractivity (Wildman–Crippen MR) is 99.4 cm³/mol. The first kappa shape index (κ1) is 19.8. The van der Waals surface area contributed by atoms with Crippen molar-refractivity contribution in [2.75, 3.05) is 20.3 Å². The quantitative estimate of drug-likeness (QED) is 0.735. The Labute approximate surface area is 159 Å². The number of methoxy groups -OCH3 is 1. The second-order valence-corrected chi connectivity index (χ2v) is 6.50. The molecule has 0 amide bonds. The lowest BCUT2D eigenvalue weighted by molar-refractivity contribution is -0.228. The first-order valence-electron chi connectivity index (χ1n) is 9.02. The molecule has 0 aromatic heterocycles. The van der Waals surface area contributed by atoms with Gasteiger partial charge in [-0.2, -0.15) is 0 Å². The molecule has 1 aliphatic heterocycles. The molecule has 1 heterocycles. The van der Waals surface area contributed by atoms with Crippen molar-refractivity contribution in [1.82, 2.24) is 0 Å². The predicted octanol–water partition coefficient (Wildman–Crippen LogP) is 1.92. The van der Waals surface area contributed by atoms with Crippen molar-refractivity contribution < 1.29 is 29.2 Å². The molecule has 2 unspecified atom stereocenters. The minimum Gasteiger partial charge on any atom is -0.497 e. The van der Waals surface area contributed by atoms with E-state index >= 15 is 0 Å². The van der Waals surface area contributed by atoms with Gasteiger partial charge >= 0.3 is 0 Å². The molecule has 27 heavy (non-hydrogen) atoms. The van der Waals surface area contributed by atoms with E-state index in [0.29, 0.717) is 13.2 Å². The molecule has 0 saturated carbocycles. The molecule has 1 saturated heterocycles. The molecule has 6 heteroatoms. The molecule has 0 aliphatic carbocycles. The van der Waals surface area contributed by atoms with Crippen LogP contribution in [0.5, 0.6) is 5.75 Å². The lowest BCUT2D eigenvalue weighted by Gasteiger charge is -2.39. The summed E-state index contributed by atoms with van der Waals surface area (Å²) < 4.78 is 22.6. The fourth-order valence-electron chi connectivity index (χ4n) is 3.04. The van der Waals surface area contributed by atoms with Gasteiger partial charge in [-0.3, -0.25) is 0 Å². The third-order valence-corrected chi connectivity index (χ3v) is 4.65. The van der Waals surface area contributed by atoms with E-state index in [0.717, 1.165) is 16.9 Å². The second kappa shape index (κ2) is 9.82. The zero-order valence-electron chi connectivity index (χ0n) is 15.4. The first-order valence-corrected chi connectivity index (χ1v) is 9.02. The Morgan fingerprint density at radius 3 is 2.30 bits per heavy atom. The maximum Gasteiger partial charge on any atom is 0.118 e. The van der Waals surface area contributed by atoms with Crippen LogP contribution >= 0.6 is 0 Å². The summed E-state index contributed by atoms with van der Waals surface area (Å²) in [5.41, 5.74) is 1.99. The average molecular weight is 374 g/mol. The van der Waals surface area contributed by atoms with Gasteiger partial charge < -0.3 is 29.2 Å². The number of aliphatic hydroxyl groups is 2. The number of benzene rings is 2. The van der Waals surface area contributed by atoms with E-state index in [-0.39, 0.29) is 13.2 Å². The van der Waals surface area contributed by atoms with Crippen molar-refractivity contribution in [3.63, 3.8) is 0 Å². The van der Waals surface area contributed by atoms with Crippen LogP contribution in [0.1, 0.15) is 11.1 Å². The van der Waals surface area contributed by atoms with Gasteiger partial charge in [0.1, 0.15) is 30.2 Å². The van der Waals surface area contributed by atoms with Gasteiger partial charge in [-0.05, 0) is 23.3 Å². The third-order valence-electron chi connectivity index (χ3n) is 4.65. The Morgan fingerprint density at radius 1 is 0.963 bits per heavy atom. The zero-order chi connectivity index (χ0) is 19.1. The molecular formula is C21H26O6. The van der Waals surface area contributed by atoms with Gasteiger partial charge in [0.25, 0.3) is 0 Å². The number of hydrogen-bond donors (Lipinski definition) is 2. The van der Waals surface area contributed by atoms with Crippen molar-refractivity contribution in [2.24, 2.45) is 0 Å². The maximum absolute atomic E-state index is 10.5. The van der Waals surface area contributed by atoms with Gasteiger partial charge in [0.05, 0.1) is 33.5 Å². The molecule has 2 aromatic carbocycles. The van der Waals surface area contributed by atoms with E-state index in [2.05, 4.69) is 0 Å². The molecule has 0 bridgehead atoms. The molecule has 6 nitrogen and oxygen atoms in total. The molecule has 4 atom stereocenters. The molecule has 1 fully saturated rings. The molecular weight excluding hydrogens is 348 g/mol. The van der Waals surface area contributed by atoms with Gasteiger partial charge in [-0.25, -0.2) is 0 Å². The Bertz CT molecular complexity index is 675. The second-order valence-electron chi connectivity index (χ2n) is 6.50.